The highest BCUT2D eigenvalue weighted by molar-refractivity contribution is 5.95. The normalized spacial score (nSPS) is 10.4. The number of carbonyl (C=O) groups is 1. The number of hydrogen-bond acceptors (Lipinski definition) is 3. The van der Waals surface area contributed by atoms with E-state index in [4.69, 9.17) is 5.11 Å². The average Bonchev–Trinajstić information content (AvgIpc) is 2.57. The Labute approximate surface area is 105 Å². The Balaban J connectivity index is 2.42. The fraction of sp³-hybridized carbons (Fsp3) is 0.231. The number of carboxylic acid groups (broad SMARTS) is 1. The van der Waals surface area contributed by atoms with Gasteiger partial charge in [0.1, 0.15) is 0 Å². The van der Waals surface area contributed by atoms with E-state index < -0.39 is 5.97 Å². The zero-order valence-corrected chi connectivity index (χ0v) is 10.6. The van der Waals surface area contributed by atoms with Gasteiger partial charge in [-0.3, -0.25) is 4.68 Å². The first-order valence-electron chi connectivity index (χ1n) is 5.58. The molecule has 2 aromatic rings. The minimum absolute atomic E-state index is 0.254. The summed E-state index contributed by atoms with van der Waals surface area (Å²) in [4.78, 5) is 11.2. The van der Waals surface area contributed by atoms with Crippen molar-refractivity contribution in [2.45, 2.75) is 13.8 Å². The van der Waals surface area contributed by atoms with Crippen molar-refractivity contribution in [2.24, 2.45) is 7.05 Å². The molecule has 5 nitrogen and oxygen atoms in total. The summed E-state index contributed by atoms with van der Waals surface area (Å²) in [6.07, 6.45) is 1.82. The summed E-state index contributed by atoms with van der Waals surface area (Å²) in [6.45, 7) is 3.80. The lowest BCUT2D eigenvalue weighted by atomic mass is 10.1. The molecule has 0 aliphatic rings. The predicted molar refractivity (Wildman–Crippen MR) is 69.4 cm³/mol. The third kappa shape index (κ3) is 2.34. The summed E-state index contributed by atoms with van der Waals surface area (Å²) in [7, 11) is 1.83. The lowest BCUT2D eigenvalue weighted by Gasteiger charge is -2.09. The molecule has 5 heteroatoms. The van der Waals surface area contributed by atoms with Gasteiger partial charge in [0.2, 0.25) is 0 Å². The molecule has 0 fully saturated rings. The standard InChI is InChI=1S/C13H15N3O2/c1-8-4-5-10(13(17)18)11(6-8)14-12-7-16(3)15-9(12)2/h4-7,14H,1-3H3,(H,17,18). The Kier molecular flexibility index (Phi) is 3.06. The molecule has 0 saturated heterocycles. The molecule has 94 valence electrons. The number of aromatic nitrogens is 2. The number of aromatic carboxylic acids is 1. The maximum atomic E-state index is 11.2. The average molecular weight is 245 g/mol. The number of carboxylic acids is 1. The first kappa shape index (κ1) is 12.2. The minimum Gasteiger partial charge on any atom is -0.478 e. The van der Waals surface area contributed by atoms with E-state index in [0.717, 1.165) is 16.9 Å². The molecular formula is C13H15N3O2. The highest BCUT2D eigenvalue weighted by Crippen LogP contribution is 2.24. The Morgan fingerprint density at radius 2 is 2.06 bits per heavy atom. The van der Waals surface area contributed by atoms with Gasteiger partial charge in [-0.05, 0) is 31.5 Å². The fourth-order valence-corrected chi connectivity index (χ4v) is 1.82. The second-order valence-corrected chi connectivity index (χ2v) is 4.28. The zero-order chi connectivity index (χ0) is 13.3. The molecule has 1 aromatic carbocycles. The molecule has 0 aliphatic carbocycles. The SMILES string of the molecule is Cc1ccc(C(=O)O)c(Nc2cn(C)nc2C)c1. The molecule has 0 saturated carbocycles. The van der Waals surface area contributed by atoms with Crippen LogP contribution in [0.15, 0.2) is 24.4 Å². The molecule has 0 atom stereocenters. The van der Waals surface area contributed by atoms with E-state index in [2.05, 4.69) is 10.4 Å². The van der Waals surface area contributed by atoms with Crippen LogP contribution in [0, 0.1) is 13.8 Å². The van der Waals surface area contributed by atoms with Gasteiger partial charge >= 0.3 is 5.97 Å². The predicted octanol–water partition coefficient (Wildman–Crippen LogP) is 2.48. The molecule has 2 rings (SSSR count). The number of anilines is 2. The molecule has 2 N–H and O–H groups in total. The first-order valence-corrected chi connectivity index (χ1v) is 5.58. The second kappa shape index (κ2) is 4.52. The number of hydrogen-bond donors (Lipinski definition) is 2. The quantitative estimate of drug-likeness (QED) is 0.871. The molecule has 0 amide bonds. The van der Waals surface area contributed by atoms with Crippen LogP contribution in [0.1, 0.15) is 21.6 Å². The maximum absolute atomic E-state index is 11.2. The van der Waals surface area contributed by atoms with Crippen molar-refractivity contribution in [3.05, 3.63) is 41.2 Å². The summed E-state index contributed by atoms with van der Waals surface area (Å²) in [5.74, 6) is -0.945. The van der Waals surface area contributed by atoms with Crippen LogP contribution in [0.5, 0.6) is 0 Å². The van der Waals surface area contributed by atoms with E-state index in [9.17, 15) is 4.79 Å². The zero-order valence-electron chi connectivity index (χ0n) is 10.6. The van der Waals surface area contributed by atoms with Gasteiger partial charge in [0.05, 0.1) is 22.6 Å². The minimum atomic E-state index is -0.945. The van der Waals surface area contributed by atoms with Crippen molar-refractivity contribution in [1.82, 2.24) is 9.78 Å². The summed E-state index contributed by atoms with van der Waals surface area (Å²) in [5, 5.41) is 16.5. The number of benzene rings is 1. The van der Waals surface area contributed by atoms with E-state index in [1.807, 2.05) is 33.2 Å². The van der Waals surface area contributed by atoms with Crippen LogP contribution >= 0.6 is 0 Å². The molecular weight excluding hydrogens is 230 g/mol. The molecule has 1 aromatic heterocycles. The topological polar surface area (TPSA) is 67.2 Å². The molecule has 18 heavy (non-hydrogen) atoms. The van der Waals surface area contributed by atoms with Crippen LogP contribution in [-0.4, -0.2) is 20.9 Å². The number of nitrogens with one attached hydrogen (secondary N) is 1. The van der Waals surface area contributed by atoms with Gasteiger partial charge in [-0.1, -0.05) is 6.07 Å². The van der Waals surface area contributed by atoms with Crippen LogP contribution in [-0.2, 0) is 7.05 Å². The van der Waals surface area contributed by atoms with Gasteiger partial charge in [-0.25, -0.2) is 4.79 Å². The lowest BCUT2D eigenvalue weighted by molar-refractivity contribution is 0.0698. The van der Waals surface area contributed by atoms with Gasteiger partial charge in [0.25, 0.3) is 0 Å². The Bertz CT molecular complexity index is 602. The van der Waals surface area contributed by atoms with Gasteiger partial charge in [-0.2, -0.15) is 5.10 Å². The van der Waals surface area contributed by atoms with E-state index in [1.54, 1.807) is 16.8 Å². The molecule has 0 aliphatic heterocycles. The Morgan fingerprint density at radius 3 is 2.61 bits per heavy atom. The highest BCUT2D eigenvalue weighted by atomic mass is 16.4. The second-order valence-electron chi connectivity index (χ2n) is 4.28. The first-order chi connectivity index (χ1) is 8.47. The molecule has 0 spiro atoms. The summed E-state index contributed by atoms with van der Waals surface area (Å²) in [6, 6.07) is 5.20. The fourth-order valence-electron chi connectivity index (χ4n) is 1.82. The van der Waals surface area contributed by atoms with Gasteiger partial charge in [0.15, 0.2) is 0 Å². The summed E-state index contributed by atoms with van der Waals surface area (Å²) >= 11 is 0. The smallest absolute Gasteiger partial charge is 0.337 e. The van der Waals surface area contributed by atoms with Gasteiger partial charge in [-0.15, -0.1) is 0 Å². The Hall–Kier alpha value is -2.30. The summed E-state index contributed by atoms with van der Waals surface area (Å²) in [5.41, 5.74) is 3.48. The van der Waals surface area contributed by atoms with Crippen LogP contribution in [0.4, 0.5) is 11.4 Å². The summed E-state index contributed by atoms with van der Waals surface area (Å²) < 4.78 is 1.69. The molecule has 0 bridgehead atoms. The van der Waals surface area contributed by atoms with Crippen molar-refractivity contribution in [3.8, 4) is 0 Å². The van der Waals surface area contributed by atoms with Crippen molar-refractivity contribution >= 4 is 17.3 Å². The van der Waals surface area contributed by atoms with Crippen molar-refractivity contribution in [2.75, 3.05) is 5.32 Å². The van der Waals surface area contributed by atoms with Crippen LogP contribution < -0.4 is 5.32 Å². The monoisotopic (exact) mass is 245 g/mol. The molecule has 0 unspecified atom stereocenters. The Morgan fingerprint density at radius 1 is 1.33 bits per heavy atom. The van der Waals surface area contributed by atoms with E-state index >= 15 is 0 Å². The lowest BCUT2D eigenvalue weighted by Crippen LogP contribution is -2.03. The van der Waals surface area contributed by atoms with Crippen LogP contribution in [0.2, 0.25) is 0 Å². The third-order valence-corrected chi connectivity index (χ3v) is 2.69. The van der Waals surface area contributed by atoms with Crippen LogP contribution in [0.3, 0.4) is 0 Å². The van der Waals surface area contributed by atoms with Gasteiger partial charge < -0.3 is 10.4 Å². The van der Waals surface area contributed by atoms with Crippen molar-refractivity contribution < 1.29 is 9.90 Å². The van der Waals surface area contributed by atoms with Crippen molar-refractivity contribution in [3.63, 3.8) is 0 Å². The molecule has 1 heterocycles. The number of nitrogens with zero attached hydrogens (tertiary/aromatic N) is 2. The number of aryl methyl sites for hydroxylation is 3. The third-order valence-electron chi connectivity index (χ3n) is 2.69. The van der Waals surface area contributed by atoms with E-state index in [0.29, 0.717) is 5.69 Å². The largest absolute Gasteiger partial charge is 0.478 e. The number of rotatable bonds is 3. The van der Waals surface area contributed by atoms with E-state index in [-0.39, 0.29) is 5.56 Å². The molecule has 0 radical (unpaired) electrons. The maximum Gasteiger partial charge on any atom is 0.337 e. The van der Waals surface area contributed by atoms with Gasteiger partial charge in [0, 0.05) is 13.2 Å². The van der Waals surface area contributed by atoms with Crippen LogP contribution in [0.25, 0.3) is 0 Å². The van der Waals surface area contributed by atoms with Crippen molar-refractivity contribution in [1.29, 1.82) is 0 Å². The van der Waals surface area contributed by atoms with E-state index in [1.165, 1.54) is 0 Å². The highest BCUT2D eigenvalue weighted by Gasteiger charge is 2.12.